The van der Waals surface area contributed by atoms with E-state index < -0.39 is 0 Å². The number of aryl methyl sites for hydroxylation is 1. The molecule has 0 spiro atoms. The van der Waals surface area contributed by atoms with Gasteiger partial charge >= 0.3 is 0 Å². The second-order valence-corrected chi connectivity index (χ2v) is 7.32. The minimum absolute atomic E-state index is 0.0723. The van der Waals surface area contributed by atoms with E-state index in [9.17, 15) is 9.59 Å². The van der Waals surface area contributed by atoms with Crippen molar-refractivity contribution in [2.75, 3.05) is 5.32 Å². The van der Waals surface area contributed by atoms with Gasteiger partial charge in [0.05, 0.1) is 11.9 Å². The first-order chi connectivity index (χ1) is 14.9. The highest BCUT2D eigenvalue weighted by Gasteiger charge is 2.09. The molecule has 0 unspecified atom stereocenters. The van der Waals surface area contributed by atoms with E-state index in [0.717, 1.165) is 17.0 Å². The molecule has 0 saturated carbocycles. The summed E-state index contributed by atoms with van der Waals surface area (Å²) in [5.74, 6) is 0.755. The largest absolute Gasteiger partial charge is 0.354 e. The minimum Gasteiger partial charge on any atom is -0.354 e. The van der Waals surface area contributed by atoms with Crippen LogP contribution in [0.4, 0.5) is 5.95 Å². The molecule has 0 aliphatic rings. The molecule has 0 atom stereocenters. The predicted octanol–water partition coefficient (Wildman–Crippen LogP) is 2.39. The standard InChI is InChI=1S/C21H26N8O2/c1-5-17-16(12-22-26-17)10-14(4)24-21-25-20(27-28-21)15-6-8-29(19(31)11-15)9-7-18(30)23-13(2)3/h5-6,8,10-13H,1,7,9H2,2-4H3,(H,22,26)(H,23,30)(H2,24,25,27,28)/b14-10+. The van der Waals surface area contributed by atoms with Gasteiger partial charge in [0.1, 0.15) is 0 Å². The molecule has 0 radical (unpaired) electrons. The molecule has 31 heavy (non-hydrogen) atoms. The summed E-state index contributed by atoms with van der Waals surface area (Å²) in [6.45, 7) is 9.72. The molecule has 0 bridgehead atoms. The number of nitrogens with zero attached hydrogens (tertiary/aromatic N) is 4. The Morgan fingerprint density at radius 1 is 1.35 bits per heavy atom. The molecule has 0 aliphatic heterocycles. The van der Waals surface area contributed by atoms with Gasteiger partial charge in [0.25, 0.3) is 5.56 Å². The van der Waals surface area contributed by atoms with E-state index >= 15 is 0 Å². The zero-order valence-electron chi connectivity index (χ0n) is 17.8. The number of anilines is 1. The summed E-state index contributed by atoms with van der Waals surface area (Å²) in [6.07, 6.45) is 7.18. The Morgan fingerprint density at radius 2 is 2.16 bits per heavy atom. The van der Waals surface area contributed by atoms with Crippen LogP contribution in [0.5, 0.6) is 0 Å². The summed E-state index contributed by atoms with van der Waals surface area (Å²) < 4.78 is 1.49. The van der Waals surface area contributed by atoms with Gasteiger partial charge in [0.15, 0.2) is 5.82 Å². The summed E-state index contributed by atoms with van der Waals surface area (Å²) in [4.78, 5) is 28.6. The molecule has 10 nitrogen and oxygen atoms in total. The topological polar surface area (TPSA) is 133 Å². The van der Waals surface area contributed by atoms with Crippen LogP contribution in [-0.2, 0) is 11.3 Å². The van der Waals surface area contributed by atoms with Gasteiger partial charge in [-0.2, -0.15) is 10.1 Å². The van der Waals surface area contributed by atoms with Crippen LogP contribution < -0.4 is 16.2 Å². The monoisotopic (exact) mass is 422 g/mol. The van der Waals surface area contributed by atoms with Crippen LogP contribution in [0.15, 0.2) is 41.6 Å². The Hall–Kier alpha value is -3.95. The van der Waals surface area contributed by atoms with Crippen molar-refractivity contribution in [1.82, 2.24) is 35.3 Å². The maximum atomic E-state index is 12.4. The van der Waals surface area contributed by atoms with Crippen LogP contribution in [-0.4, -0.2) is 41.9 Å². The van der Waals surface area contributed by atoms with Gasteiger partial charge in [-0.1, -0.05) is 6.58 Å². The van der Waals surface area contributed by atoms with E-state index in [1.165, 1.54) is 10.6 Å². The van der Waals surface area contributed by atoms with Crippen molar-refractivity contribution in [3.8, 4) is 11.4 Å². The van der Waals surface area contributed by atoms with Gasteiger partial charge in [-0.15, -0.1) is 5.10 Å². The quantitative estimate of drug-likeness (QED) is 0.418. The van der Waals surface area contributed by atoms with Crippen LogP contribution in [0, 0.1) is 0 Å². The third kappa shape index (κ3) is 5.78. The third-order valence-electron chi connectivity index (χ3n) is 4.37. The first kappa shape index (κ1) is 21.8. The number of aromatic amines is 2. The van der Waals surface area contributed by atoms with Crippen molar-refractivity contribution in [2.24, 2.45) is 0 Å². The lowest BCUT2D eigenvalue weighted by Gasteiger charge is -2.09. The van der Waals surface area contributed by atoms with Crippen LogP contribution in [0.1, 0.15) is 38.4 Å². The summed E-state index contributed by atoms with van der Waals surface area (Å²) in [6, 6.07) is 3.30. The summed E-state index contributed by atoms with van der Waals surface area (Å²) in [7, 11) is 0. The summed E-state index contributed by atoms with van der Waals surface area (Å²) in [5, 5.41) is 19.7. The number of rotatable bonds is 9. The lowest BCUT2D eigenvalue weighted by Crippen LogP contribution is -2.31. The lowest BCUT2D eigenvalue weighted by atomic mass is 10.2. The van der Waals surface area contributed by atoms with E-state index in [0.29, 0.717) is 23.9 Å². The number of nitrogens with one attached hydrogen (secondary N) is 4. The molecule has 3 heterocycles. The summed E-state index contributed by atoms with van der Waals surface area (Å²) in [5.41, 5.74) is 2.92. The molecule has 0 aliphatic carbocycles. The van der Waals surface area contributed by atoms with Crippen LogP contribution in [0.2, 0.25) is 0 Å². The van der Waals surface area contributed by atoms with E-state index in [1.54, 1.807) is 24.5 Å². The number of allylic oxidation sites excluding steroid dienone is 1. The number of aromatic nitrogens is 6. The number of carbonyl (C=O) groups excluding carboxylic acids is 1. The van der Waals surface area contributed by atoms with Gasteiger partial charge < -0.3 is 15.2 Å². The lowest BCUT2D eigenvalue weighted by molar-refractivity contribution is -0.121. The predicted molar refractivity (Wildman–Crippen MR) is 120 cm³/mol. The molecule has 0 aromatic carbocycles. The molecule has 1 amide bonds. The Bertz CT molecular complexity index is 1150. The number of carbonyl (C=O) groups is 1. The van der Waals surface area contributed by atoms with E-state index in [2.05, 4.69) is 42.6 Å². The fourth-order valence-corrected chi connectivity index (χ4v) is 2.93. The fraction of sp³-hybridized carbons (Fsp3) is 0.286. The maximum absolute atomic E-state index is 12.4. The molecule has 0 saturated heterocycles. The molecule has 10 heteroatoms. The van der Waals surface area contributed by atoms with Crippen LogP contribution in [0.3, 0.4) is 0 Å². The average Bonchev–Trinajstić information content (AvgIpc) is 3.35. The zero-order chi connectivity index (χ0) is 22.4. The van der Waals surface area contributed by atoms with Crippen molar-refractivity contribution in [3.63, 3.8) is 0 Å². The first-order valence-corrected chi connectivity index (χ1v) is 9.89. The van der Waals surface area contributed by atoms with Crippen molar-refractivity contribution in [1.29, 1.82) is 0 Å². The maximum Gasteiger partial charge on any atom is 0.251 e. The second-order valence-electron chi connectivity index (χ2n) is 7.32. The fourth-order valence-electron chi connectivity index (χ4n) is 2.93. The van der Waals surface area contributed by atoms with Gasteiger partial charge in [-0.05, 0) is 39.0 Å². The first-order valence-electron chi connectivity index (χ1n) is 9.89. The molecule has 3 rings (SSSR count). The molecule has 4 N–H and O–H groups in total. The van der Waals surface area contributed by atoms with Crippen LogP contribution >= 0.6 is 0 Å². The molecule has 3 aromatic rings. The Balaban J connectivity index is 1.66. The van der Waals surface area contributed by atoms with Gasteiger partial charge in [0.2, 0.25) is 11.9 Å². The molecular formula is C21H26N8O2. The van der Waals surface area contributed by atoms with Crippen molar-refractivity contribution >= 4 is 24.0 Å². The highest BCUT2D eigenvalue weighted by Crippen LogP contribution is 2.16. The van der Waals surface area contributed by atoms with E-state index in [4.69, 9.17) is 0 Å². The Kier molecular flexibility index (Phi) is 6.81. The molecular weight excluding hydrogens is 396 g/mol. The Morgan fingerprint density at radius 3 is 2.87 bits per heavy atom. The smallest absolute Gasteiger partial charge is 0.251 e. The van der Waals surface area contributed by atoms with Crippen molar-refractivity contribution in [3.05, 3.63) is 58.4 Å². The highest BCUT2D eigenvalue weighted by atomic mass is 16.2. The van der Waals surface area contributed by atoms with E-state index in [-0.39, 0.29) is 23.9 Å². The van der Waals surface area contributed by atoms with Gasteiger partial charge in [-0.3, -0.25) is 19.8 Å². The minimum atomic E-state index is -0.214. The van der Waals surface area contributed by atoms with Gasteiger partial charge in [0, 0.05) is 48.1 Å². The van der Waals surface area contributed by atoms with E-state index in [1.807, 2.05) is 26.8 Å². The SMILES string of the molecule is C=Cc1[nH]ncc1/C=C(\C)Nc1n[nH]c(-c2ccn(CCC(=O)NC(C)C)c(=O)c2)n1. The zero-order valence-corrected chi connectivity index (χ0v) is 17.8. The Labute approximate surface area is 179 Å². The average molecular weight is 422 g/mol. The molecule has 162 valence electrons. The number of H-pyrrole nitrogens is 2. The van der Waals surface area contributed by atoms with Crippen molar-refractivity contribution in [2.45, 2.75) is 39.8 Å². The highest BCUT2D eigenvalue weighted by molar-refractivity contribution is 5.76. The number of pyridine rings is 1. The third-order valence-corrected chi connectivity index (χ3v) is 4.37. The van der Waals surface area contributed by atoms with Gasteiger partial charge in [-0.25, -0.2) is 0 Å². The molecule has 3 aromatic heterocycles. The van der Waals surface area contributed by atoms with Crippen molar-refractivity contribution < 1.29 is 4.79 Å². The normalized spacial score (nSPS) is 11.5. The number of amides is 1. The second kappa shape index (κ2) is 9.70. The number of hydrogen-bond donors (Lipinski definition) is 4. The number of hydrogen-bond acceptors (Lipinski definition) is 6. The van der Waals surface area contributed by atoms with Crippen LogP contribution in [0.25, 0.3) is 23.5 Å². The molecule has 0 fully saturated rings. The summed E-state index contributed by atoms with van der Waals surface area (Å²) >= 11 is 0.